The summed E-state index contributed by atoms with van der Waals surface area (Å²) in [6.07, 6.45) is 7.04. The Hall–Kier alpha value is -2.22. The minimum atomic E-state index is 0.566. The van der Waals surface area contributed by atoms with E-state index in [9.17, 15) is 0 Å². The molecule has 1 aliphatic carbocycles. The average Bonchev–Trinajstić information content (AvgIpc) is 2.43. The third kappa shape index (κ3) is 3.21. The van der Waals surface area contributed by atoms with E-state index in [4.69, 9.17) is 5.41 Å². The van der Waals surface area contributed by atoms with Crippen LogP contribution in [0, 0.1) is 5.41 Å². The summed E-state index contributed by atoms with van der Waals surface area (Å²) in [5.41, 5.74) is 5.58. The monoisotopic (exact) mass is 264 g/mol. The summed E-state index contributed by atoms with van der Waals surface area (Å²) in [6, 6.07) is 9.93. The van der Waals surface area contributed by atoms with Crippen LogP contribution >= 0.6 is 0 Å². The Kier molecular flexibility index (Phi) is 4.46. The van der Waals surface area contributed by atoms with Crippen LogP contribution in [0.4, 0.5) is 5.69 Å². The molecule has 0 aromatic heterocycles. The number of hydrogen-bond acceptors (Lipinski definition) is 2. The largest absolute Gasteiger partial charge is 0.300 e. The lowest BCUT2D eigenvalue weighted by molar-refractivity contribution is 1.19. The lowest BCUT2D eigenvalue weighted by atomic mass is 9.92. The van der Waals surface area contributed by atoms with Crippen molar-refractivity contribution < 1.29 is 0 Å². The van der Waals surface area contributed by atoms with Crippen molar-refractivity contribution in [2.75, 3.05) is 0 Å². The minimum absolute atomic E-state index is 0.566. The molecule has 0 aliphatic heterocycles. The number of aliphatic imine (C=N–C) groups is 1. The Balaban J connectivity index is 2.42. The van der Waals surface area contributed by atoms with Gasteiger partial charge in [0.15, 0.2) is 0 Å². The minimum Gasteiger partial charge on any atom is -0.300 e. The Morgan fingerprint density at radius 2 is 1.90 bits per heavy atom. The van der Waals surface area contributed by atoms with E-state index in [1.165, 1.54) is 0 Å². The Morgan fingerprint density at radius 3 is 2.55 bits per heavy atom. The summed E-state index contributed by atoms with van der Waals surface area (Å²) in [7, 11) is 0. The van der Waals surface area contributed by atoms with Gasteiger partial charge in [0.2, 0.25) is 0 Å². The fraction of sp³-hybridized carbons (Fsp3) is 0.222. The lowest BCUT2D eigenvalue weighted by Gasteiger charge is -2.15. The van der Waals surface area contributed by atoms with Gasteiger partial charge >= 0.3 is 0 Å². The second kappa shape index (κ2) is 6.29. The van der Waals surface area contributed by atoms with E-state index in [0.717, 1.165) is 34.5 Å². The number of nitrogens with zero attached hydrogens (tertiary/aromatic N) is 1. The molecule has 2 nitrogen and oxygen atoms in total. The first-order valence-electron chi connectivity index (χ1n) is 6.92. The van der Waals surface area contributed by atoms with Crippen LogP contribution in [0.25, 0.3) is 0 Å². The van der Waals surface area contributed by atoms with Gasteiger partial charge in [-0.25, -0.2) is 4.99 Å². The van der Waals surface area contributed by atoms with E-state index in [0.29, 0.717) is 5.71 Å². The molecule has 0 unspecified atom stereocenters. The van der Waals surface area contributed by atoms with Gasteiger partial charge in [-0.05, 0) is 55.7 Å². The molecule has 1 aliphatic rings. The molecule has 2 heteroatoms. The second-order valence-corrected chi connectivity index (χ2v) is 4.93. The molecule has 0 saturated carbocycles. The van der Waals surface area contributed by atoms with Crippen LogP contribution in [0.3, 0.4) is 0 Å². The first kappa shape index (κ1) is 14.2. The highest BCUT2D eigenvalue weighted by atomic mass is 14.7. The molecule has 0 saturated heterocycles. The molecule has 20 heavy (non-hydrogen) atoms. The zero-order valence-electron chi connectivity index (χ0n) is 12.3. The molecule has 0 spiro atoms. The summed E-state index contributed by atoms with van der Waals surface area (Å²) in [4.78, 5) is 4.67. The Bertz CT molecular complexity index is 625. The maximum absolute atomic E-state index is 8.11. The summed E-state index contributed by atoms with van der Waals surface area (Å²) >= 11 is 0. The molecule has 0 radical (unpaired) electrons. The predicted molar refractivity (Wildman–Crippen MR) is 87.2 cm³/mol. The van der Waals surface area contributed by atoms with Gasteiger partial charge in [0.1, 0.15) is 0 Å². The number of allylic oxidation sites excluding steroid dienone is 6. The van der Waals surface area contributed by atoms with E-state index in [1.807, 2.05) is 49.4 Å². The number of nitrogens with one attached hydrogen (secondary N) is 1. The summed E-state index contributed by atoms with van der Waals surface area (Å²) < 4.78 is 0. The van der Waals surface area contributed by atoms with Crippen molar-refractivity contribution in [2.45, 2.75) is 27.2 Å². The highest BCUT2D eigenvalue weighted by molar-refractivity contribution is 6.24. The number of rotatable bonds is 3. The van der Waals surface area contributed by atoms with E-state index >= 15 is 0 Å². The molecule has 1 aromatic carbocycles. The second-order valence-electron chi connectivity index (χ2n) is 4.93. The van der Waals surface area contributed by atoms with Crippen LogP contribution in [0.2, 0.25) is 0 Å². The molecule has 1 N–H and O–H groups in total. The van der Waals surface area contributed by atoms with E-state index in [2.05, 4.69) is 24.9 Å². The van der Waals surface area contributed by atoms with Crippen molar-refractivity contribution in [3.8, 4) is 0 Å². The van der Waals surface area contributed by atoms with Crippen molar-refractivity contribution in [1.29, 1.82) is 5.41 Å². The fourth-order valence-electron chi connectivity index (χ4n) is 2.20. The molecule has 102 valence electrons. The number of benzene rings is 1. The van der Waals surface area contributed by atoms with Gasteiger partial charge in [0, 0.05) is 5.57 Å². The van der Waals surface area contributed by atoms with E-state index in [-0.39, 0.29) is 0 Å². The fourth-order valence-corrected chi connectivity index (χ4v) is 2.20. The zero-order chi connectivity index (χ0) is 14.5. The third-order valence-corrected chi connectivity index (χ3v) is 3.28. The van der Waals surface area contributed by atoms with Crippen molar-refractivity contribution in [1.82, 2.24) is 0 Å². The molecule has 0 bridgehead atoms. The smallest absolute Gasteiger partial charge is 0.0673 e. The van der Waals surface area contributed by atoms with Gasteiger partial charge in [-0.1, -0.05) is 31.2 Å². The van der Waals surface area contributed by atoms with Crippen LogP contribution in [0.1, 0.15) is 27.2 Å². The summed E-state index contributed by atoms with van der Waals surface area (Å²) in [5, 5.41) is 8.11. The topological polar surface area (TPSA) is 36.2 Å². The van der Waals surface area contributed by atoms with Crippen LogP contribution in [-0.2, 0) is 0 Å². The van der Waals surface area contributed by atoms with Gasteiger partial charge in [-0.15, -0.1) is 0 Å². The third-order valence-electron chi connectivity index (χ3n) is 3.28. The molecule has 0 amide bonds. The van der Waals surface area contributed by atoms with Crippen LogP contribution < -0.4 is 0 Å². The first-order valence-corrected chi connectivity index (χ1v) is 6.92. The molecular formula is C18H20N2. The Labute approximate surface area is 120 Å². The maximum Gasteiger partial charge on any atom is 0.0673 e. The average molecular weight is 264 g/mol. The van der Waals surface area contributed by atoms with Gasteiger partial charge < -0.3 is 5.41 Å². The number of para-hydroxylation sites is 1. The van der Waals surface area contributed by atoms with Gasteiger partial charge in [-0.3, -0.25) is 0 Å². The predicted octanol–water partition coefficient (Wildman–Crippen LogP) is 5.02. The molecule has 2 rings (SSSR count). The standard InChI is InChI=1S/C18H20N2/c1-4-8-13(2)16-12-18(14(3)11-17(16)19)20-15-9-6-5-7-10-15/h5-12,19H,4H2,1-3H3/b13-8-,19-17?,20-18?. The quantitative estimate of drug-likeness (QED) is 0.744. The normalized spacial score (nSPS) is 18.1. The summed E-state index contributed by atoms with van der Waals surface area (Å²) in [6.45, 7) is 6.16. The van der Waals surface area contributed by atoms with E-state index in [1.54, 1.807) is 0 Å². The molecule has 0 atom stereocenters. The SMILES string of the molecule is CC/C=C(/C)C1=CC(=Nc2ccccc2)C(C)=CC1=N. The van der Waals surface area contributed by atoms with Crippen molar-refractivity contribution >= 4 is 17.1 Å². The van der Waals surface area contributed by atoms with E-state index < -0.39 is 0 Å². The lowest BCUT2D eigenvalue weighted by Crippen LogP contribution is -2.12. The highest BCUT2D eigenvalue weighted by Gasteiger charge is 2.14. The molecule has 0 heterocycles. The van der Waals surface area contributed by atoms with Gasteiger partial charge in [0.05, 0.1) is 17.1 Å². The molecule has 1 aromatic rings. The van der Waals surface area contributed by atoms with Crippen LogP contribution in [0.15, 0.2) is 70.3 Å². The number of hydrogen-bond donors (Lipinski definition) is 1. The van der Waals surface area contributed by atoms with Crippen molar-refractivity contribution in [3.05, 3.63) is 65.3 Å². The highest BCUT2D eigenvalue weighted by Crippen LogP contribution is 2.22. The van der Waals surface area contributed by atoms with Crippen LogP contribution in [-0.4, -0.2) is 11.4 Å². The van der Waals surface area contributed by atoms with Crippen molar-refractivity contribution in [2.24, 2.45) is 4.99 Å². The zero-order valence-corrected chi connectivity index (χ0v) is 12.3. The molecular weight excluding hydrogens is 244 g/mol. The summed E-state index contributed by atoms with van der Waals surface area (Å²) in [5.74, 6) is 0. The molecule has 0 fully saturated rings. The first-order chi connectivity index (χ1) is 9.61. The van der Waals surface area contributed by atoms with Gasteiger partial charge in [0.25, 0.3) is 0 Å². The van der Waals surface area contributed by atoms with Gasteiger partial charge in [-0.2, -0.15) is 0 Å². The van der Waals surface area contributed by atoms with Crippen LogP contribution in [0.5, 0.6) is 0 Å². The van der Waals surface area contributed by atoms with Crippen molar-refractivity contribution in [3.63, 3.8) is 0 Å². The maximum atomic E-state index is 8.11. The Morgan fingerprint density at radius 1 is 1.20 bits per heavy atom.